The number of para-hydroxylation sites is 3. The zero-order chi connectivity index (χ0) is 60.7. The average molecular weight is 1190 g/mol. The van der Waals surface area contributed by atoms with Gasteiger partial charge in [-0.1, -0.05) is 208 Å². The quantitative estimate of drug-likeness (QED) is 0.101. The van der Waals surface area contributed by atoms with Crippen molar-refractivity contribution in [3.63, 3.8) is 0 Å². The van der Waals surface area contributed by atoms with Crippen LogP contribution in [0.5, 0.6) is 11.5 Å². The molecule has 7 heteroatoms. The second-order valence-corrected chi connectivity index (χ2v) is 19.6. The number of aromatic nitrogens is 4. The van der Waals surface area contributed by atoms with Crippen LogP contribution in [0.2, 0.25) is 0 Å². The molecular weight excluding hydrogens is 1130 g/mol. The molecule has 0 unspecified atom stereocenters. The van der Waals surface area contributed by atoms with Gasteiger partial charge in [0.15, 0.2) is 0 Å². The first-order valence-electron chi connectivity index (χ1n) is 30.0. The van der Waals surface area contributed by atoms with E-state index >= 15 is 0 Å². The summed E-state index contributed by atoms with van der Waals surface area (Å²) in [5.74, 6) is 1.17. The molecule has 0 amide bonds. The topological polar surface area (TPSA) is 40.2 Å². The Hall–Kier alpha value is -9.40. The van der Waals surface area contributed by atoms with Gasteiger partial charge >= 0.3 is 0 Å². The normalized spacial score (nSPS) is 13.2. The van der Waals surface area contributed by atoms with Gasteiger partial charge in [0.1, 0.15) is 5.82 Å². The molecule has 3 heterocycles. The molecule has 6 nitrogen and oxygen atoms in total. The van der Waals surface area contributed by atoms with Crippen molar-refractivity contribution in [2.45, 2.75) is 26.2 Å². The zero-order valence-electron chi connectivity index (χ0n) is 52.3. The maximum absolute atomic E-state index is 9.10. The summed E-state index contributed by atoms with van der Waals surface area (Å²) in [5.41, 5.74) is 10.3. The first-order chi connectivity index (χ1) is 41.9. The van der Waals surface area contributed by atoms with E-state index in [9.17, 15) is 0 Å². The van der Waals surface area contributed by atoms with E-state index in [0.29, 0.717) is 33.8 Å². The number of pyridine rings is 1. The average Bonchev–Trinajstić information content (AvgIpc) is 1.46. The fourth-order valence-corrected chi connectivity index (χ4v) is 10.0. The van der Waals surface area contributed by atoms with Crippen molar-refractivity contribution in [1.82, 2.24) is 14.1 Å². The Kier molecular flexibility index (Phi) is 10.3. The fourth-order valence-electron chi connectivity index (χ4n) is 10.0. The van der Waals surface area contributed by atoms with E-state index in [1.807, 2.05) is 36.5 Å². The van der Waals surface area contributed by atoms with Gasteiger partial charge in [0.2, 0.25) is 0 Å². The largest absolute Gasteiger partial charge is 0.511 e. The van der Waals surface area contributed by atoms with Crippen molar-refractivity contribution < 1.29 is 44.1 Å². The van der Waals surface area contributed by atoms with Crippen LogP contribution in [-0.4, -0.2) is 14.1 Å². The molecule has 0 aliphatic rings. The number of nitrogens with zero attached hydrogens (tertiary/aromatic N) is 5. The van der Waals surface area contributed by atoms with Crippen molar-refractivity contribution in [2.24, 2.45) is 0 Å². The van der Waals surface area contributed by atoms with Crippen molar-refractivity contribution in [2.75, 3.05) is 0 Å². The predicted molar refractivity (Wildman–Crippen MR) is 312 cm³/mol. The molecule has 0 N–H and O–H groups in total. The van der Waals surface area contributed by atoms with Gasteiger partial charge < -0.3 is 13.9 Å². The number of imidazole rings is 1. The third kappa shape index (κ3) is 9.29. The van der Waals surface area contributed by atoms with Gasteiger partial charge in [0.05, 0.1) is 42.7 Å². The van der Waals surface area contributed by atoms with Crippen molar-refractivity contribution in [1.29, 1.82) is 0 Å². The number of hydrogen-bond acceptors (Lipinski definition) is 2. The molecule has 78 heavy (non-hydrogen) atoms. The number of rotatable bonds is 10. The van der Waals surface area contributed by atoms with Crippen LogP contribution in [0, 0.1) is 25.0 Å². The predicted octanol–water partition coefficient (Wildman–Crippen LogP) is 17.8. The maximum Gasteiger partial charge on any atom is 0.268 e. The molecule has 0 aliphatic carbocycles. The third-order valence-electron chi connectivity index (χ3n) is 13.7. The number of benzene rings is 10. The molecule has 13 aromatic rings. The fraction of sp³-hybridized carbons (Fsp3) is 0.0563. The summed E-state index contributed by atoms with van der Waals surface area (Å²) in [6.45, 7) is 14.8. The van der Waals surface area contributed by atoms with Gasteiger partial charge in [-0.2, -0.15) is 12.1 Å². The molecule has 0 saturated carbocycles. The summed E-state index contributed by atoms with van der Waals surface area (Å²) >= 11 is 0. The monoisotopic (exact) mass is 1190 g/mol. The number of hydrogen-bond donors (Lipinski definition) is 0. The standard InChI is InChI=1S/C71H49N5O.Pt/c1-71(2,3)56-36-37-73-69(42-56)76-65-35-32-52(55-39-53(48-20-9-5-10-21-48)38-54(40-55)49-22-11-6-12-23-49)41-64(65)63-34-33-59(46-68(63)76)77-60-44-57(72-4)43-58(45-60)74-47-75(67-31-18-17-30-66(67)74)70-61(50-24-13-7-14-25-50)28-19-29-62(70)51-26-15-8-16-27-51;/h5-44H,1-3H3;/q-2;/i7D,8D,13D,14D,15D,16D,24D,25D,26D,27D;. The van der Waals surface area contributed by atoms with Crippen LogP contribution in [0.3, 0.4) is 0 Å². The van der Waals surface area contributed by atoms with Gasteiger partial charge in [-0.15, -0.1) is 29.7 Å². The minimum Gasteiger partial charge on any atom is -0.511 e. The molecule has 0 bridgehead atoms. The van der Waals surface area contributed by atoms with Crippen LogP contribution in [-0.2, 0) is 26.5 Å². The summed E-state index contributed by atoms with van der Waals surface area (Å²) in [6.07, 6.45) is 5.21. The summed E-state index contributed by atoms with van der Waals surface area (Å²) in [5, 5.41) is 1.86. The third-order valence-corrected chi connectivity index (χ3v) is 13.7. The van der Waals surface area contributed by atoms with Gasteiger partial charge in [-0.25, -0.2) is 4.98 Å². The first-order valence-corrected chi connectivity index (χ1v) is 25.0. The van der Waals surface area contributed by atoms with E-state index in [2.05, 4.69) is 140 Å². The minimum atomic E-state index is -0.600. The number of ether oxygens (including phenoxy) is 1. The summed E-state index contributed by atoms with van der Waals surface area (Å²) in [6, 6.07) is 58.2. The zero-order valence-corrected chi connectivity index (χ0v) is 44.6. The van der Waals surface area contributed by atoms with Crippen LogP contribution in [0.1, 0.15) is 40.0 Å². The van der Waals surface area contributed by atoms with E-state index in [4.69, 9.17) is 30.0 Å². The molecular formula is C71H49N5OPt-2. The molecule has 0 fully saturated rings. The van der Waals surface area contributed by atoms with Crippen LogP contribution in [0.4, 0.5) is 5.69 Å². The van der Waals surface area contributed by atoms with Gasteiger partial charge in [0.25, 0.3) is 6.33 Å². The molecule has 376 valence electrons. The summed E-state index contributed by atoms with van der Waals surface area (Å²) in [7, 11) is 0. The van der Waals surface area contributed by atoms with E-state index in [1.165, 1.54) is 0 Å². The van der Waals surface area contributed by atoms with Crippen LogP contribution in [0.25, 0.3) is 111 Å². The summed E-state index contributed by atoms with van der Waals surface area (Å²) in [4.78, 5) is 8.79. The van der Waals surface area contributed by atoms with Gasteiger partial charge in [-0.3, -0.25) is 9.41 Å². The molecule has 0 aliphatic heterocycles. The Balaban J connectivity index is 0.00000754. The SMILES string of the molecule is [2H]c1c([2H])c([2H])c(-c2cccc(-c3c([2H])c([2H])c([2H])c([2H])c3[2H])c2-[n+]2[c-]n(-c3[c-]c(Oc4[c-]c5c(cc4)c4cc(-c6cc(-c7ccccc7)cc(-c7ccccc7)c6)ccc4n5-c4cc(C(C)(C)C)ccn4)cc([N+]#[C-])c3)c3ccccc32)c([2H])c1[2H].[Pt]. The van der Waals surface area contributed by atoms with Crippen molar-refractivity contribution >= 4 is 38.5 Å². The Morgan fingerprint density at radius 3 is 1.82 bits per heavy atom. The van der Waals surface area contributed by atoms with Crippen molar-refractivity contribution in [3.8, 4) is 84.3 Å². The van der Waals surface area contributed by atoms with E-state index in [0.717, 1.165) is 55.2 Å². The van der Waals surface area contributed by atoms with E-state index < -0.39 is 60.4 Å². The van der Waals surface area contributed by atoms with E-state index in [1.54, 1.807) is 63.7 Å². The van der Waals surface area contributed by atoms with Gasteiger partial charge in [-0.05, 0) is 114 Å². The van der Waals surface area contributed by atoms with Crippen LogP contribution in [0.15, 0.2) is 243 Å². The maximum atomic E-state index is 9.10. The molecule has 13 rings (SSSR count). The van der Waals surface area contributed by atoms with Crippen LogP contribution >= 0.6 is 0 Å². The first kappa shape index (κ1) is 39.0. The van der Waals surface area contributed by atoms with Crippen molar-refractivity contribution in [3.05, 3.63) is 278 Å². The van der Waals surface area contributed by atoms with Crippen LogP contribution < -0.4 is 9.30 Å². The molecule has 0 saturated heterocycles. The molecule has 0 spiro atoms. The Labute approximate surface area is 482 Å². The van der Waals surface area contributed by atoms with E-state index in [-0.39, 0.29) is 65.9 Å². The Bertz CT molecular complexity index is 4830. The Morgan fingerprint density at radius 1 is 0.551 bits per heavy atom. The molecule has 0 radical (unpaired) electrons. The number of fused-ring (bicyclic) bond motifs is 4. The Morgan fingerprint density at radius 2 is 1.18 bits per heavy atom. The summed E-state index contributed by atoms with van der Waals surface area (Å²) < 4.78 is 99.8. The second kappa shape index (κ2) is 20.6. The molecule has 0 atom stereocenters. The molecule has 3 aromatic heterocycles. The van der Waals surface area contributed by atoms with Gasteiger partial charge in [0, 0.05) is 38.5 Å². The smallest absolute Gasteiger partial charge is 0.268 e. The second-order valence-electron chi connectivity index (χ2n) is 19.6. The minimum absolute atomic E-state index is 0. The molecule has 10 aromatic carbocycles.